The van der Waals surface area contributed by atoms with Gasteiger partial charge in [-0.1, -0.05) is 151 Å². The number of pyridine rings is 2. The molecule has 5 heteroatoms. The van der Waals surface area contributed by atoms with Gasteiger partial charge >= 0.3 is 0 Å². The maximum Gasteiger partial charge on any atom is 0.125 e. The van der Waals surface area contributed by atoms with Gasteiger partial charge in [0.1, 0.15) is 5.58 Å². The molecule has 7 rings (SSSR count). The number of hydrogen-bond acceptors (Lipinski definition) is 3. The summed E-state index contributed by atoms with van der Waals surface area (Å²) in [5, 5.41) is 3.55. The van der Waals surface area contributed by atoms with Gasteiger partial charge in [0, 0.05) is 51.6 Å². The van der Waals surface area contributed by atoms with Crippen LogP contribution < -0.4 is 5.19 Å². The van der Waals surface area contributed by atoms with Crippen molar-refractivity contribution in [3.8, 4) is 22.5 Å². The summed E-state index contributed by atoms with van der Waals surface area (Å²) in [7, 11) is -1.34. The minimum Gasteiger partial charge on any atom is -0.500 e. The van der Waals surface area contributed by atoms with Crippen molar-refractivity contribution in [1.29, 1.82) is 0 Å². The fourth-order valence-electron chi connectivity index (χ4n) is 7.02. The summed E-state index contributed by atoms with van der Waals surface area (Å²) in [6.07, 6.45) is 3.40. The van der Waals surface area contributed by atoms with Gasteiger partial charge in [0.05, 0.1) is 13.7 Å². The number of aromatic nitrogens is 2. The molecule has 54 heavy (non-hydrogen) atoms. The van der Waals surface area contributed by atoms with E-state index in [2.05, 4.69) is 130 Å². The number of rotatable bonds is 8. The molecule has 3 aromatic heterocycles. The summed E-state index contributed by atoms with van der Waals surface area (Å²) in [6.45, 7) is 21.9. The maximum absolute atomic E-state index is 8.71. The van der Waals surface area contributed by atoms with Crippen LogP contribution in [0.1, 0.15) is 73.5 Å². The van der Waals surface area contributed by atoms with E-state index in [0.29, 0.717) is 17.2 Å². The molecule has 0 fully saturated rings. The van der Waals surface area contributed by atoms with E-state index in [1.165, 1.54) is 16.3 Å². The molecule has 281 valence electrons. The first kappa shape index (κ1) is 38.1. The van der Waals surface area contributed by atoms with Crippen molar-refractivity contribution in [2.75, 3.05) is 0 Å². The zero-order chi connectivity index (χ0) is 39.8. The summed E-state index contributed by atoms with van der Waals surface area (Å²) in [5.74, 6) is 0.667. The van der Waals surface area contributed by atoms with Crippen LogP contribution >= 0.6 is 0 Å². The summed E-state index contributed by atoms with van der Waals surface area (Å²) in [5.41, 5.74) is 8.72. The number of fused-ring (bicyclic) bond motifs is 3. The molecule has 1 radical (unpaired) electrons. The Morgan fingerprint density at radius 3 is 2.15 bits per heavy atom. The summed E-state index contributed by atoms with van der Waals surface area (Å²) in [4.78, 5) is 9.27. The molecule has 0 bridgehead atoms. The van der Waals surface area contributed by atoms with Crippen molar-refractivity contribution < 1.29 is 27.3 Å². The van der Waals surface area contributed by atoms with Gasteiger partial charge in [0.2, 0.25) is 0 Å². The second-order valence-corrected chi connectivity index (χ2v) is 22.1. The van der Waals surface area contributed by atoms with Crippen molar-refractivity contribution >= 4 is 35.2 Å². The van der Waals surface area contributed by atoms with Crippen molar-refractivity contribution in [2.24, 2.45) is 11.3 Å². The van der Waals surface area contributed by atoms with Gasteiger partial charge in [0.25, 0.3) is 0 Å². The molecule has 0 atom stereocenters. The third-order valence-electron chi connectivity index (χ3n) is 9.57. The summed E-state index contributed by atoms with van der Waals surface area (Å²) in [6, 6.07) is 41.2. The second-order valence-electron chi connectivity index (χ2n) is 17.0. The third kappa shape index (κ3) is 9.37. The van der Waals surface area contributed by atoms with Gasteiger partial charge in [-0.2, -0.15) is 0 Å². The van der Waals surface area contributed by atoms with Crippen LogP contribution in [0.25, 0.3) is 44.5 Å². The molecule has 0 N–H and O–H groups in total. The molecule has 0 aliphatic heterocycles. The van der Waals surface area contributed by atoms with Gasteiger partial charge in [-0.15, -0.1) is 54.1 Å². The molecule has 0 saturated carbocycles. The molecule has 7 aromatic rings. The van der Waals surface area contributed by atoms with Crippen LogP contribution in [0.5, 0.6) is 0 Å². The maximum atomic E-state index is 8.71. The van der Waals surface area contributed by atoms with Gasteiger partial charge < -0.3 is 14.4 Å². The van der Waals surface area contributed by atoms with Crippen LogP contribution in [0.4, 0.5) is 0 Å². The van der Waals surface area contributed by atoms with Crippen LogP contribution in [-0.4, -0.2) is 18.0 Å². The summed E-state index contributed by atoms with van der Waals surface area (Å²) < 4.78 is 24.0. The van der Waals surface area contributed by atoms with Gasteiger partial charge in [-0.05, 0) is 52.3 Å². The van der Waals surface area contributed by atoms with E-state index >= 15 is 0 Å². The summed E-state index contributed by atoms with van der Waals surface area (Å²) >= 11 is 0. The molecule has 0 amide bonds. The number of hydrogen-bond donors (Lipinski definition) is 0. The van der Waals surface area contributed by atoms with Crippen molar-refractivity contribution in [3.05, 3.63) is 150 Å². The Morgan fingerprint density at radius 2 is 1.48 bits per heavy atom. The Labute approximate surface area is 340 Å². The van der Waals surface area contributed by atoms with E-state index < -0.39 is 19.9 Å². The van der Waals surface area contributed by atoms with Crippen LogP contribution in [-0.2, 0) is 38.3 Å². The van der Waals surface area contributed by atoms with E-state index in [9.17, 15) is 0 Å². The molecule has 3 heterocycles. The topological polar surface area (TPSA) is 38.9 Å². The molecule has 0 unspecified atom stereocenters. The molecule has 0 spiro atoms. The van der Waals surface area contributed by atoms with E-state index in [1.807, 2.05) is 63.2 Å². The van der Waals surface area contributed by atoms with Crippen LogP contribution in [0.15, 0.2) is 120 Å². The minimum atomic E-state index is -1.51. The van der Waals surface area contributed by atoms with E-state index in [-0.39, 0.29) is 25.5 Å². The molecule has 4 aromatic carbocycles. The zero-order valence-corrected chi connectivity index (χ0v) is 36.8. The number of benzene rings is 4. The first-order chi connectivity index (χ1) is 25.9. The fourth-order valence-corrected chi connectivity index (χ4v) is 8.60. The van der Waals surface area contributed by atoms with Crippen LogP contribution in [0, 0.1) is 23.5 Å². The molecule has 3 nitrogen and oxygen atoms in total. The quantitative estimate of drug-likeness (QED) is 0.113. The second kappa shape index (κ2) is 16.7. The SMILES string of the molecule is CC(C)Cc1cc(-c2[c-]cccc2)ncc1[Si](C)(C)C.[2H]C([2H])(c1ccnc(-c2[c-]ccc3c2oc2c(C(C)(C)c4ccccc4)cccc23)c1)C(C)(C)C.[Ir]. The van der Waals surface area contributed by atoms with E-state index in [4.69, 9.17) is 7.16 Å². The normalized spacial score (nSPS) is 12.9. The van der Waals surface area contributed by atoms with Gasteiger partial charge in [0.15, 0.2) is 0 Å². The van der Waals surface area contributed by atoms with Crippen molar-refractivity contribution in [2.45, 2.75) is 86.3 Å². The van der Waals surface area contributed by atoms with Crippen LogP contribution in [0.2, 0.25) is 19.6 Å². The Hall–Kier alpha value is -4.15. The van der Waals surface area contributed by atoms with Gasteiger partial charge in [-0.3, -0.25) is 0 Å². The average molecular weight is 909 g/mol. The van der Waals surface area contributed by atoms with Gasteiger partial charge in [-0.25, -0.2) is 0 Å². The molecular weight excluding hydrogens is 853 g/mol. The predicted octanol–water partition coefficient (Wildman–Crippen LogP) is 12.7. The number of nitrogens with zero attached hydrogens (tertiary/aromatic N) is 2. The standard InChI is InChI=1S/C31H30NO.C18H24NSi.Ir/c1-30(2,3)20-21-17-18-32-27(19-21)25-15-9-13-23-24-14-10-16-26(29(24)33-28(23)25)31(4,5)22-11-7-6-8-12-22;1-14(2)11-16-12-17(15-9-7-6-8-10-15)19-13-18(16)20(3,4)5;/h6-14,16-19H,20H2,1-5H3;6-9,12-14H,11H2,1-5H3;/q2*-1;/i20D2;;. The first-order valence-corrected chi connectivity index (χ1v) is 22.2. The monoisotopic (exact) mass is 909 g/mol. The molecule has 0 aliphatic rings. The Bertz CT molecular complexity index is 2410. The fraction of sp³-hybridized carbons (Fsp3) is 0.306. The predicted molar refractivity (Wildman–Crippen MR) is 228 cm³/mol. The Kier molecular flexibility index (Phi) is 11.8. The van der Waals surface area contributed by atoms with Crippen molar-refractivity contribution in [1.82, 2.24) is 9.97 Å². The number of para-hydroxylation sites is 1. The molecule has 0 aliphatic carbocycles. The third-order valence-corrected chi connectivity index (χ3v) is 11.6. The van der Waals surface area contributed by atoms with Crippen LogP contribution in [0.3, 0.4) is 0 Å². The Morgan fingerprint density at radius 1 is 0.759 bits per heavy atom. The average Bonchev–Trinajstić information content (AvgIpc) is 3.54. The largest absolute Gasteiger partial charge is 0.500 e. The van der Waals surface area contributed by atoms with Crippen molar-refractivity contribution in [3.63, 3.8) is 0 Å². The first-order valence-electron chi connectivity index (χ1n) is 19.7. The van der Waals surface area contributed by atoms with E-state index in [0.717, 1.165) is 50.7 Å². The molecule has 0 saturated heterocycles. The minimum absolute atomic E-state index is 0. The van der Waals surface area contributed by atoms with E-state index in [1.54, 1.807) is 12.3 Å². The zero-order valence-electron chi connectivity index (χ0n) is 35.4. The smallest absolute Gasteiger partial charge is 0.125 e. The Balaban J connectivity index is 0.000000244. The number of furan rings is 1. The molecular formula is C49H54IrN2OSi-2.